The van der Waals surface area contributed by atoms with Crippen molar-refractivity contribution in [2.75, 3.05) is 13.1 Å². The maximum absolute atomic E-state index is 12.7. The van der Waals surface area contributed by atoms with Gasteiger partial charge in [-0.05, 0) is 36.7 Å². The molecule has 0 bridgehead atoms. The first-order valence-electron chi connectivity index (χ1n) is 9.28. The summed E-state index contributed by atoms with van der Waals surface area (Å²) in [6.45, 7) is 3.86. The van der Waals surface area contributed by atoms with Gasteiger partial charge in [0.05, 0.1) is 12.4 Å². The van der Waals surface area contributed by atoms with E-state index in [4.69, 9.17) is 0 Å². The number of nitrogens with zero attached hydrogens (tertiary/aromatic N) is 3. The van der Waals surface area contributed by atoms with Crippen molar-refractivity contribution < 1.29 is 4.79 Å². The number of carbonyl (C=O) groups is 1. The van der Waals surface area contributed by atoms with E-state index in [1.54, 1.807) is 0 Å². The van der Waals surface area contributed by atoms with Crippen molar-refractivity contribution in [2.24, 2.45) is 5.92 Å². The Labute approximate surface area is 149 Å². The molecule has 2 atom stereocenters. The molecule has 1 aromatic heterocycles. The number of carbonyl (C=O) groups excluding carboxylic acids is 1. The Balaban J connectivity index is 1.30. The predicted octanol–water partition coefficient (Wildman–Crippen LogP) is 3.42. The van der Waals surface area contributed by atoms with Gasteiger partial charge < -0.3 is 14.8 Å². The lowest BCUT2D eigenvalue weighted by molar-refractivity contribution is 0.132. The van der Waals surface area contributed by atoms with Crippen molar-refractivity contribution >= 4 is 6.03 Å². The number of hydrogen-bond acceptors (Lipinski definition) is 2. The molecule has 2 aliphatic rings. The fourth-order valence-electron chi connectivity index (χ4n) is 4.09. The Bertz CT molecular complexity index is 694. The van der Waals surface area contributed by atoms with Crippen molar-refractivity contribution in [3.63, 3.8) is 0 Å². The summed E-state index contributed by atoms with van der Waals surface area (Å²) in [5, 5.41) is 3.23. The molecule has 1 aliphatic heterocycles. The van der Waals surface area contributed by atoms with E-state index in [9.17, 15) is 4.79 Å². The molecule has 5 heteroatoms. The molecule has 1 saturated heterocycles. The van der Waals surface area contributed by atoms with Crippen molar-refractivity contribution in [1.82, 2.24) is 19.8 Å². The minimum absolute atomic E-state index is 0.0912. The van der Waals surface area contributed by atoms with E-state index >= 15 is 0 Å². The van der Waals surface area contributed by atoms with Gasteiger partial charge >= 0.3 is 6.03 Å². The standard InChI is InChI=1S/C20H26N4O/c1-15-7-9-23(13-19(15)24-10-8-21-14-24)20(25)22-18-11-17(12-18)16-5-3-2-4-6-16/h2-6,8,10,14-15,17-19H,7,9,11-13H2,1H3,(H,22,25)/t15-,17?,18?,19+/m0/s1. The first-order chi connectivity index (χ1) is 12.2. The Hall–Kier alpha value is -2.30. The highest BCUT2D eigenvalue weighted by Gasteiger charge is 2.34. The summed E-state index contributed by atoms with van der Waals surface area (Å²) < 4.78 is 2.14. The van der Waals surface area contributed by atoms with Gasteiger partial charge in [-0.1, -0.05) is 37.3 Å². The van der Waals surface area contributed by atoms with Gasteiger partial charge in [-0.2, -0.15) is 0 Å². The van der Waals surface area contributed by atoms with Gasteiger partial charge in [0.15, 0.2) is 0 Å². The Morgan fingerprint density at radius 3 is 2.76 bits per heavy atom. The van der Waals surface area contributed by atoms with E-state index in [0.717, 1.165) is 32.4 Å². The normalized spacial score (nSPS) is 29.1. The van der Waals surface area contributed by atoms with Crippen LogP contribution in [0.2, 0.25) is 0 Å². The summed E-state index contributed by atoms with van der Waals surface area (Å²) in [4.78, 5) is 18.8. The summed E-state index contributed by atoms with van der Waals surface area (Å²) in [6.07, 6.45) is 8.80. The van der Waals surface area contributed by atoms with Crippen LogP contribution in [0.15, 0.2) is 49.1 Å². The number of nitrogens with one attached hydrogen (secondary N) is 1. The molecular formula is C20H26N4O. The van der Waals surface area contributed by atoms with Crippen LogP contribution in [0.25, 0.3) is 0 Å². The van der Waals surface area contributed by atoms with Gasteiger partial charge in [-0.3, -0.25) is 0 Å². The first kappa shape index (κ1) is 16.2. The van der Waals surface area contributed by atoms with Crippen LogP contribution in [-0.2, 0) is 0 Å². The maximum atomic E-state index is 12.7. The van der Waals surface area contributed by atoms with E-state index in [2.05, 4.69) is 52.1 Å². The lowest BCUT2D eigenvalue weighted by atomic mass is 9.76. The van der Waals surface area contributed by atoms with Crippen LogP contribution in [0.5, 0.6) is 0 Å². The van der Waals surface area contributed by atoms with Crippen molar-refractivity contribution in [3.8, 4) is 0 Å². The number of likely N-dealkylation sites (tertiary alicyclic amines) is 1. The third-order valence-corrected chi connectivity index (χ3v) is 5.85. The Morgan fingerprint density at radius 2 is 2.04 bits per heavy atom. The second-order valence-electron chi connectivity index (χ2n) is 7.51. The highest BCUT2D eigenvalue weighted by atomic mass is 16.2. The summed E-state index contributed by atoms with van der Waals surface area (Å²) >= 11 is 0. The van der Waals surface area contributed by atoms with E-state index < -0.39 is 0 Å². The maximum Gasteiger partial charge on any atom is 0.317 e. The van der Waals surface area contributed by atoms with Crippen LogP contribution < -0.4 is 5.32 Å². The van der Waals surface area contributed by atoms with E-state index in [-0.39, 0.29) is 6.03 Å². The molecule has 2 aromatic rings. The van der Waals surface area contributed by atoms with Crippen LogP contribution >= 0.6 is 0 Å². The van der Waals surface area contributed by atoms with Crippen molar-refractivity contribution in [2.45, 2.75) is 44.2 Å². The Kier molecular flexibility index (Phi) is 4.47. The number of amides is 2. The predicted molar refractivity (Wildman–Crippen MR) is 97.4 cm³/mol. The first-order valence-corrected chi connectivity index (χ1v) is 9.28. The summed E-state index contributed by atoms with van der Waals surface area (Å²) in [7, 11) is 0. The summed E-state index contributed by atoms with van der Waals surface area (Å²) in [5.41, 5.74) is 1.39. The zero-order chi connectivity index (χ0) is 17.2. The molecule has 0 spiro atoms. The van der Waals surface area contributed by atoms with E-state index in [1.165, 1.54) is 5.56 Å². The zero-order valence-corrected chi connectivity index (χ0v) is 14.7. The summed E-state index contributed by atoms with van der Waals surface area (Å²) in [5.74, 6) is 1.15. The zero-order valence-electron chi connectivity index (χ0n) is 14.7. The average molecular weight is 338 g/mol. The van der Waals surface area contributed by atoms with Crippen LogP contribution in [0, 0.1) is 5.92 Å². The number of aromatic nitrogens is 2. The molecule has 1 aliphatic carbocycles. The lowest BCUT2D eigenvalue weighted by Gasteiger charge is -2.41. The molecular weight excluding hydrogens is 312 g/mol. The molecule has 25 heavy (non-hydrogen) atoms. The number of benzene rings is 1. The van der Waals surface area contributed by atoms with Gasteiger partial charge in [-0.25, -0.2) is 9.78 Å². The number of piperidine rings is 1. The fourth-order valence-corrected chi connectivity index (χ4v) is 4.09. The molecule has 0 unspecified atom stereocenters. The molecule has 4 rings (SSSR count). The minimum Gasteiger partial charge on any atom is -0.335 e. The molecule has 1 aromatic carbocycles. The number of hydrogen-bond donors (Lipinski definition) is 1. The highest BCUT2D eigenvalue weighted by Crippen LogP contribution is 2.37. The van der Waals surface area contributed by atoms with Gasteiger partial charge in [-0.15, -0.1) is 0 Å². The molecule has 132 valence electrons. The highest BCUT2D eigenvalue weighted by molar-refractivity contribution is 5.74. The number of urea groups is 1. The van der Waals surface area contributed by atoms with E-state index in [1.807, 2.05) is 23.6 Å². The monoisotopic (exact) mass is 338 g/mol. The molecule has 2 fully saturated rings. The molecule has 1 N–H and O–H groups in total. The van der Waals surface area contributed by atoms with Crippen molar-refractivity contribution in [3.05, 3.63) is 54.6 Å². The van der Waals surface area contributed by atoms with Gasteiger partial charge in [0, 0.05) is 31.5 Å². The molecule has 1 saturated carbocycles. The van der Waals surface area contributed by atoms with Crippen LogP contribution in [0.3, 0.4) is 0 Å². The van der Waals surface area contributed by atoms with Crippen LogP contribution in [0.4, 0.5) is 4.79 Å². The van der Waals surface area contributed by atoms with Gasteiger partial charge in [0.1, 0.15) is 0 Å². The molecule has 2 amide bonds. The third-order valence-electron chi connectivity index (χ3n) is 5.85. The Morgan fingerprint density at radius 1 is 1.24 bits per heavy atom. The van der Waals surface area contributed by atoms with E-state index in [0.29, 0.717) is 23.9 Å². The molecule has 0 radical (unpaired) electrons. The summed E-state index contributed by atoms with van der Waals surface area (Å²) in [6, 6.07) is 11.3. The van der Waals surface area contributed by atoms with Gasteiger partial charge in [0.2, 0.25) is 0 Å². The van der Waals surface area contributed by atoms with Crippen molar-refractivity contribution in [1.29, 1.82) is 0 Å². The third kappa shape index (κ3) is 3.41. The molecule has 2 heterocycles. The minimum atomic E-state index is 0.0912. The van der Waals surface area contributed by atoms with Crippen LogP contribution in [0.1, 0.15) is 43.7 Å². The average Bonchev–Trinajstić information content (AvgIpc) is 3.13. The second-order valence-corrected chi connectivity index (χ2v) is 7.51. The van der Waals surface area contributed by atoms with Gasteiger partial charge in [0.25, 0.3) is 0 Å². The number of imidazole rings is 1. The quantitative estimate of drug-likeness (QED) is 0.932. The smallest absolute Gasteiger partial charge is 0.317 e. The van der Waals surface area contributed by atoms with Crippen LogP contribution in [-0.4, -0.2) is 39.6 Å². The largest absolute Gasteiger partial charge is 0.335 e. The second kappa shape index (κ2) is 6.90. The lowest BCUT2D eigenvalue weighted by Crippen LogP contribution is -2.52. The topological polar surface area (TPSA) is 50.2 Å². The fraction of sp³-hybridized carbons (Fsp3) is 0.500. The molecule has 5 nitrogen and oxygen atoms in total. The SMILES string of the molecule is C[C@H]1CCN(C(=O)NC2CC(c3ccccc3)C2)C[C@H]1n1ccnc1. The number of rotatable bonds is 3.